The number of hydrogen-bond acceptors (Lipinski definition) is 3. The second-order valence-electron chi connectivity index (χ2n) is 6.09. The molecule has 0 aromatic heterocycles. The molecular formula is C22H17ClFN3O. The SMILES string of the molecule is N#CC(c1ccccc1)c1ccc(NCC(=O)Nc2ccccc2F)cc1Cl. The molecule has 0 radical (unpaired) electrons. The van der Waals surface area contributed by atoms with E-state index in [0.29, 0.717) is 16.3 Å². The number of hydrogen-bond donors (Lipinski definition) is 2. The zero-order valence-electron chi connectivity index (χ0n) is 14.8. The molecule has 0 bridgehead atoms. The van der Waals surface area contributed by atoms with Crippen molar-refractivity contribution in [2.45, 2.75) is 5.92 Å². The van der Waals surface area contributed by atoms with Crippen LogP contribution in [0.5, 0.6) is 0 Å². The maximum Gasteiger partial charge on any atom is 0.243 e. The number of nitriles is 1. The summed E-state index contributed by atoms with van der Waals surface area (Å²) in [5.41, 5.74) is 2.30. The molecule has 0 aliphatic heterocycles. The Labute approximate surface area is 167 Å². The summed E-state index contributed by atoms with van der Waals surface area (Å²) in [7, 11) is 0. The van der Waals surface area contributed by atoms with Crippen molar-refractivity contribution in [1.82, 2.24) is 0 Å². The molecule has 0 saturated carbocycles. The van der Waals surface area contributed by atoms with Crippen molar-refractivity contribution >= 4 is 28.9 Å². The quantitative estimate of drug-likeness (QED) is 0.606. The summed E-state index contributed by atoms with van der Waals surface area (Å²) in [6, 6.07) is 22.8. The van der Waals surface area contributed by atoms with Crippen LogP contribution in [0.4, 0.5) is 15.8 Å². The highest BCUT2D eigenvalue weighted by atomic mass is 35.5. The van der Waals surface area contributed by atoms with Crippen molar-refractivity contribution in [3.63, 3.8) is 0 Å². The first kappa shape index (κ1) is 19.4. The van der Waals surface area contributed by atoms with Crippen molar-refractivity contribution in [1.29, 1.82) is 5.26 Å². The molecule has 0 fully saturated rings. The molecule has 0 saturated heterocycles. The lowest BCUT2D eigenvalue weighted by Gasteiger charge is -2.14. The van der Waals surface area contributed by atoms with Crippen molar-refractivity contribution < 1.29 is 9.18 Å². The maximum atomic E-state index is 13.6. The van der Waals surface area contributed by atoms with Crippen molar-refractivity contribution in [3.8, 4) is 6.07 Å². The van der Waals surface area contributed by atoms with E-state index in [9.17, 15) is 14.4 Å². The summed E-state index contributed by atoms with van der Waals surface area (Å²) < 4.78 is 13.6. The van der Waals surface area contributed by atoms with Gasteiger partial charge in [-0.15, -0.1) is 0 Å². The molecule has 28 heavy (non-hydrogen) atoms. The van der Waals surface area contributed by atoms with E-state index in [1.165, 1.54) is 12.1 Å². The Morgan fingerprint density at radius 3 is 2.46 bits per heavy atom. The van der Waals surface area contributed by atoms with Crippen LogP contribution < -0.4 is 10.6 Å². The predicted molar refractivity (Wildman–Crippen MR) is 109 cm³/mol. The third-order valence-corrected chi connectivity index (χ3v) is 4.50. The molecule has 6 heteroatoms. The minimum absolute atomic E-state index is 0.0512. The summed E-state index contributed by atoms with van der Waals surface area (Å²) in [5.74, 6) is -1.36. The number of carbonyl (C=O) groups excluding carboxylic acids is 1. The topological polar surface area (TPSA) is 64.9 Å². The fourth-order valence-electron chi connectivity index (χ4n) is 2.78. The highest BCUT2D eigenvalue weighted by Gasteiger charge is 2.17. The molecule has 0 spiro atoms. The van der Waals surface area contributed by atoms with E-state index in [2.05, 4.69) is 16.7 Å². The minimum Gasteiger partial charge on any atom is -0.376 e. The van der Waals surface area contributed by atoms with Gasteiger partial charge >= 0.3 is 0 Å². The number of rotatable bonds is 6. The standard InChI is InChI=1S/C22H17ClFN3O/c23-19-12-16(26-14-22(28)27-21-9-5-4-8-20(21)24)10-11-17(19)18(13-25)15-6-2-1-3-7-15/h1-12,18,26H,14H2,(H,27,28). The molecule has 0 aliphatic carbocycles. The normalized spacial score (nSPS) is 11.3. The van der Waals surface area contributed by atoms with Gasteiger partial charge < -0.3 is 10.6 Å². The summed E-state index contributed by atoms with van der Waals surface area (Å²) in [6.45, 7) is -0.0512. The number of nitrogens with zero attached hydrogens (tertiary/aromatic N) is 1. The molecule has 1 unspecified atom stereocenters. The number of halogens is 2. The summed E-state index contributed by atoms with van der Waals surface area (Å²) >= 11 is 6.38. The lowest BCUT2D eigenvalue weighted by molar-refractivity contribution is -0.114. The lowest BCUT2D eigenvalue weighted by Crippen LogP contribution is -2.22. The predicted octanol–water partition coefficient (Wildman–Crippen LogP) is 5.19. The highest BCUT2D eigenvalue weighted by Crippen LogP contribution is 2.31. The van der Waals surface area contributed by atoms with Crippen LogP contribution in [0.25, 0.3) is 0 Å². The molecule has 2 N–H and O–H groups in total. The van der Waals surface area contributed by atoms with Gasteiger partial charge in [-0.3, -0.25) is 4.79 Å². The first-order valence-electron chi connectivity index (χ1n) is 8.60. The van der Waals surface area contributed by atoms with E-state index >= 15 is 0 Å². The van der Waals surface area contributed by atoms with Gasteiger partial charge in [0.15, 0.2) is 0 Å². The summed E-state index contributed by atoms with van der Waals surface area (Å²) in [5, 5.41) is 15.4. The number of benzene rings is 3. The summed E-state index contributed by atoms with van der Waals surface area (Å²) in [4.78, 5) is 12.0. The van der Waals surface area contributed by atoms with Crippen LogP contribution in [0.3, 0.4) is 0 Å². The van der Waals surface area contributed by atoms with Crippen LogP contribution in [0.15, 0.2) is 72.8 Å². The van der Waals surface area contributed by atoms with Crippen LogP contribution in [-0.2, 0) is 4.79 Å². The van der Waals surface area contributed by atoms with Gasteiger partial charge in [-0.25, -0.2) is 4.39 Å². The van der Waals surface area contributed by atoms with Gasteiger partial charge in [0.05, 0.1) is 24.2 Å². The van der Waals surface area contributed by atoms with Crippen molar-refractivity contribution in [2.24, 2.45) is 0 Å². The number of anilines is 2. The molecule has 1 atom stereocenters. The third-order valence-electron chi connectivity index (χ3n) is 4.17. The van der Waals surface area contributed by atoms with Crippen molar-refractivity contribution in [3.05, 3.63) is 94.8 Å². The Bertz CT molecular complexity index is 1020. The zero-order valence-corrected chi connectivity index (χ0v) is 15.6. The molecule has 140 valence electrons. The maximum absolute atomic E-state index is 13.6. The first-order chi connectivity index (χ1) is 13.6. The molecular weight excluding hydrogens is 377 g/mol. The molecule has 0 aliphatic rings. The lowest BCUT2D eigenvalue weighted by atomic mass is 9.92. The Hall–Kier alpha value is -3.36. The minimum atomic E-state index is -0.494. The van der Waals surface area contributed by atoms with E-state index in [4.69, 9.17) is 11.6 Å². The van der Waals surface area contributed by atoms with E-state index in [1.54, 1.807) is 30.3 Å². The number of amides is 1. The fraction of sp³-hybridized carbons (Fsp3) is 0.0909. The second kappa shape index (κ2) is 9.03. The average molecular weight is 394 g/mol. The Kier molecular flexibility index (Phi) is 6.25. The first-order valence-corrected chi connectivity index (χ1v) is 8.98. The summed E-state index contributed by atoms with van der Waals surface area (Å²) in [6.07, 6.45) is 0. The average Bonchev–Trinajstić information content (AvgIpc) is 2.71. The van der Waals surface area contributed by atoms with Crippen molar-refractivity contribution in [2.75, 3.05) is 17.2 Å². The van der Waals surface area contributed by atoms with Crippen LogP contribution in [-0.4, -0.2) is 12.5 Å². The van der Waals surface area contributed by atoms with Gasteiger partial charge in [0, 0.05) is 10.7 Å². The molecule has 3 rings (SSSR count). The Morgan fingerprint density at radius 1 is 1.07 bits per heavy atom. The Balaban J connectivity index is 1.66. The van der Waals surface area contributed by atoms with Gasteiger partial charge in [-0.05, 0) is 35.4 Å². The number of carbonyl (C=O) groups is 1. The molecule has 3 aromatic carbocycles. The van der Waals surface area contributed by atoms with Gasteiger partial charge in [-0.1, -0.05) is 60.1 Å². The van der Waals surface area contributed by atoms with E-state index in [1.807, 2.05) is 30.3 Å². The largest absolute Gasteiger partial charge is 0.376 e. The van der Waals surface area contributed by atoms with E-state index in [-0.39, 0.29) is 18.1 Å². The molecule has 4 nitrogen and oxygen atoms in total. The van der Waals surface area contributed by atoms with Crippen LogP contribution in [0, 0.1) is 17.1 Å². The zero-order chi connectivity index (χ0) is 19.9. The highest BCUT2D eigenvalue weighted by molar-refractivity contribution is 6.31. The van der Waals surface area contributed by atoms with Gasteiger partial charge in [-0.2, -0.15) is 5.26 Å². The van der Waals surface area contributed by atoms with Crippen LogP contribution >= 0.6 is 11.6 Å². The second-order valence-corrected chi connectivity index (χ2v) is 6.50. The van der Waals surface area contributed by atoms with Crippen LogP contribution in [0.1, 0.15) is 17.0 Å². The number of para-hydroxylation sites is 1. The molecule has 1 amide bonds. The fourth-order valence-corrected chi connectivity index (χ4v) is 3.07. The van der Waals surface area contributed by atoms with Crippen LogP contribution in [0.2, 0.25) is 5.02 Å². The number of nitrogens with one attached hydrogen (secondary N) is 2. The van der Waals surface area contributed by atoms with Gasteiger partial charge in [0.25, 0.3) is 0 Å². The van der Waals surface area contributed by atoms with Gasteiger partial charge in [0.2, 0.25) is 5.91 Å². The smallest absolute Gasteiger partial charge is 0.243 e. The third kappa shape index (κ3) is 4.67. The monoisotopic (exact) mass is 393 g/mol. The Morgan fingerprint density at radius 2 is 1.79 bits per heavy atom. The molecule has 0 heterocycles. The molecule has 3 aromatic rings. The van der Waals surface area contributed by atoms with E-state index in [0.717, 1.165) is 5.56 Å². The van der Waals surface area contributed by atoms with E-state index < -0.39 is 11.7 Å². The van der Waals surface area contributed by atoms with Gasteiger partial charge in [0.1, 0.15) is 5.82 Å².